The highest BCUT2D eigenvalue weighted by Gasteiger charge is 2.36. The van der Waals surface area contributed by atoms with Gasteiger partial charge in [-0.15, -0.1) is 0 Å². The molecule has 0 unspecified atom stereocenters. The lowest BCUT2D eigenvalue weighted by atomic mass is 9.75. The highest BCUT2D eigenvalue weighted by Crippen LogP contribution is 2.40. The number of aromatic nitrogens is 5. The topological polar surface area (TPSA) is 129 Å². The molecule has 3 aromatic heterocycles. The van der Waals surface area contributed by atoms with Crippen molar-refractivity contribution in [1.82, 2.24) is 24.7 Å². The van der Waals surface area contributed by atoms with Crippen LogP contribution in [0.2, 0.25) is 0 Å². The number of aryl methyl sites for hydroxylation is 2. The van der Waals surface area contributed by atoms with Crippen molar-refractivity contribution in [1.29, 1.82) is 0 Å². The summed E-state index contributed by atoms with van der Waals surface area (Å²) in [5.41, 5.74) is 2.31. The van der Waals surface area contributed by atoms with Crippen LogP contribution >= 0.6 is 0 Å². The second kappa shape index (κ2) is 13.6. The van der Waals surface area contributed by atoms with E-state index in [1.54, 1.807) is 29.2 Å². The number of pyridine rings is 1. The Morgan fingerprint density at radius 3 is 2.72 bits per heavy atom. The van der Waals surface area contributed by atoms with Gasteiger partial charge in [0.15, 0.2) is 33.1 Å². The summed E-state index contributed by atoms with van der Waals surface area (Å²) in [7, 11) is -0.339. The molecule has 4 bridgehead atoms. The Labute approximate surface area is 292 Å². The van der Waals surface area contributed by atoms with Crippen molar-refractivity contribution in [3.63, 3.8) is 0 Å². The molecule has 12 heteroatoms. The normalized spacial score (nSPS) is 19.8. The van der Waals surface area contributed by atoms with Gasteiger partial charge in [-0.1, -0.05) is 51.5 Å². The fraction of sp³-hybridized carbons (Fsp3) is 0.421. The number of H-pyrrole nitrogens is 1. The van der Waals surface area contributed by atoms with E-state index in [1.165, 1.54) is 13.2 Å². The number of esters is 1. The molecule has 4 heterocycles. The number of sulfone groups is 1. The maximum atomic E-state index is 15.7. The van der Waals surface area contributed by atoms with Crippen LogP contribution in [0.5, 0.6) is 11.5 Å². The van der Waals surface area contributed by atoms with Crippen molar-refractivity contribution in [3.05, 3.63) is 89.3 Å². The molecule has 2 aromatic carbocycles. The SMILES string of the molecule is COC(=O)[C@H](C)Cc1cccc([C@@]2(C)CCCC(C)(C)CS(=O)(=O)CCc3c(c(F)cc4[nH]ccc34)Oc3ccnc(c3)-c3nc2nn3C)c1. The van der Waals surface area contributed by atoms with E-state index in [4.69, 9.17) is 19.6 Å². The lowest BCUT2D eigenvalue weighted by Crippen LogP contribution is -2.29. The summed E-state index contributed by atoms with van der Waals surface area (Å²) in [6.07, 6.45) is 5.87. The second-order valence-electron chi connectivity index (χ2n) is 14.5. The Balaban J connectivity index is 1.46. The summed E-state index contributed by atoms with van der Waals surface area (Å²) in [6, 6.07) is 14.6. The minimum absolute atomic E-state index is 0.0148. The van der Waals surface area contributed by atoms with Gasteiger partial charge >= 0.3 is 5.97 Å². The molecule has 0 radical (unpaired) electrons. The molecule has 0 saturated carbocycles. The molecule has 1 aliphatic heterocycles. The maximum Gasteiger partial charge on any atom is 0.308 e. The minimum atomic E-state index is -3.54. The van der Waals surface area contributed by atoms with Crippen LogP contribution in [0.3, 0.4) is 0 Å². The number of aromatic amines is 1. The zero-order valence-electron chi connectivity index (χ0n) is 29.4. The summed E-state index contributed by atoms with van der Waals surface area (Å²) < 4.78 is 55.8. The van der Waals surface area contributed by atoms with Crippen LogP contribution in [-0.2, 0) is 44.7 Å². The lowest BCUT2D eigenvalue weighted by Gasteiger charge is -2.31. The van der Waals surface area contributed by atoms with E-state index in [0.29, 0.717) is 65.2 Å². The van der Waals surface area contributed by atoms with Gasteiger partial charge < -0.3 is 14.5 Å². The number of benzene rings is 2. The number of fused-ring (bicyclic) bond motifs is 8. The number of nitrogens with zero attached hydrogens (tertiary/aromatic N) is 4. The summed E-state index contributed by atoms with van der Waals surface area (Å²) in [5, 5.41) is 5.62. The number of hydrogen-bond acceptors (Lipinski definition) is 8. The first kappa shape index (κ1) is 35.3. The number of ether oxygens (including phenoxy) is 2. The van der Waals surface area contributed by atoms with Gasteiger partial charge in [0.2, 0.25) is 0 Å². The fourth-order valence-electron chi connectivity index (χ4n) is 7.12. The van der Waals surface area contributed by atoms with E-state index < -0.39 is 26.5 Å². The van der Waals surface area contributed by atoms with Crippen molar-refractivity contribution in [2.45, 2.75) is 65.2 Å². The molecule has 1 aliphatic rings. The van der Waals surface area contributed by atoms with Crippen LogP contribution in [0.4, 0.5) is 4.39 Å². The maximum absolute atomic E-state index is 15.7. The molecule has 50 heavy (non-hydrogen) atoms. The van der Waals surface area contributed by atoms with Gasteiger partial charge in [0.25, 0.3) is 0 Å². The number of hydrogen-bond donors (Lipinski definition) is 1. The molecule has 10 nitrogen and oxygen atoms in total. The van der Waals surface area contributed by atoms with Crippen molar-refractivity contribution < 1.29 is 27.1 Å². The lowest BCUT2D eigenvalue weighted by molar-refractivity contribution is -0.144. The Morgan fingerprint density at radius 1 is 1.14 bits per heavy atom. The molecule has 0 saturated heterocycles. The van der Waals surface area contributed by atoms with Crippen LogP contribution in [0.25, 0.3) is 22.4 Å². The molecule has 1 N–H and O–H groups in total. The third-order valence-corrected chi connectivity index (χ3v) is 11.9. The predicted octanol–water partition coefficient (Wildman–Crippen LogP) is 7.11. The van der Waals surface area contributed by atoms with Crippen molar-refractivity contribution in [2.24, 2.45) is 18.4 Å². The number of carbonyl (C=O) groups is 1. The summed E-state index contributed by atoms with van der Waals surface area (Å²) in [5.74, 6) is 0.0668. The van der Waals surface area contributed by atoms with Crippen LogP contribution in [0.15, 0.2) is 60.9 Å². The van der Waals surface area contributed by atoms with Crippen LogP contribution in [0, 0.1) is 17.2 Å². The van der Waals surface area contributed by atoms with E-state index in [9.17, 15) is 13.2 Å². The fourth-order valence-corrected chi connectivity index (χ4v) is 9.12. The van der Waals surface area contributed by atoms with Gasteiger partial charge in [-0.25, -0.2) is 22.5 Å². The number of methoxy groups -OCH3 is 1. The minimum Gasteiger partial charge on any atom is -0.469 e. The second-order valence-corrected chi connectivity index (χ2v) is 16.7. The molecule has 5 aromatic rings. The predicted molar refractivity (Wildman–Crippen MR) is 190 cm³/mol. The average Bonchev–Trinajstić information content (AvgIpc) is 3.70. The molecule has 6 rings (SSSR count). The molecule has 0 fully saturated rings. The third-order valence-electron chi connectivity index (χ3n) is 9.82. The largest absolute Gasteiger partial charge is 0.469 e. The number of nitrogens with one attached hydrogen (secondary N) is 1. The zero-order chi connectivity index (χ0) is 35.8. The first-order chi connectivity index (χ1) is 23.7. The smallest absolute Gasteiger partial charge is 0.308 e. The van der Waals surface area contributed by atoms with E-state index in [0.717, 1.165) is 11.1 Å². The zero-order valence-corrected chi connectivity index (χ0v) is 30.2. The molecule has 0 spiro atoms. The highest BCUT2D eigenvalue weighted by molar-refractivity contribution is 7.91. The van der Waals surface area contributed by atoms with E-state index >= 15 is 4.39 Å². The van der Waals surface area contributed by atoms with Gasteiger partial charge in [-0.2, -0.15) is 5.10 Å². The highest BCUT2D eigenvalue weighted by atomic mass is 32.2. The summed E-state index contributed by atoms with van der Waals surface area (Å²) in [4.78, 5) is 24.9. The van der Waals surface area contributed by atoms with Gasteiger partial charge in [0.05, 0.1) is 29.9 Å². The van der Waals surface area contributed by atoms with Gasteiger partial charge in [-0.05, 0) is 61.3 Å². The Morgan fingerprint density at radius 2 is 1.94 bits per heavy atom. The quantitative estimate of drug-likeness (QED) is 0.196. The number of carbonyl (C=O) groups excluding carboxylic acids is 1. The van der Waals surface area contributed by atoms with Crippen molar-refractivity contribution in [3.8, 4) is 23.0 Å². The standard InChI is InChI=1S/C38H44FN5O5S/c1-24(35(45)48-6)19-25-9-7-10-26(20-25)38(4)15-8-14-37(2,3)23-50(46,47)18-13-29-28-12-17-40-31(28)22-30(39)33(29)49-27-11-16-41-32(21-27)34-42-36(38)43-44(34)5/h7,9-12,16-17,20-22,24,40H,8,13-15,18-19,23H2,1-6H3/t24-,38-/m1/s1. The molecule has 2 atom stereocenters. The van der Waals surface area contributed by atoms with Crippen molar-refractivity contribution in [2.75, 3.05) is 18.6 Å². The number of halogens is 1. The number of rotatable bonds is 4. The van der Waals surface area contributed by atoms with E-state index in [1.807, 2.05) is 52.1 Å². The first-order valence-electron chi connectivity index (χ1n) is 16.9. The molecular weight excluding hydrogens is 658 g/mol. The summed E-state index contributed by atoms with van der Waals surface area (Å²) >= 11 is 0. The van der Waals surface area contributed by atoms with Crippen LogP contribution in [-0.4, -0.2) is 57.7 Å². The Bertz CT molecular complexity index is 2160. The van der Waals surface area contributed by atoms with Gasteiger partial charge in [0.1, 0.15) is 11.4 Å². The summed E-state index contributed by atoms with van der Waals surface area (Å²) in [6.45, 7) is 7.90. The Kier molecular flexibility index (Phi) is 9.60. The van der Waals surface area contributed by atoms with Crippen LogP contribution < -0.4 is 4.74 Å². The molecular formula is C38H44FN5O5S. The van der Waals surface area contributed by atoms with Crippen LogP contribution in [0.1, 0.15) is 69.5 Å². The van der Waals surface area contributed by atoms with Crippen molar-refractivity contribution >= 4 is 26.7 Å². The first-order valence-corrected chi connectivity index (χ1v) is 18.7. The van der Waals surface area contributed by atoms with E-state index in [2.05, 4.69) is 23.0 Å². The van der Waals surface area contributed by atoms with E-state index in [-0.39, 0.29) is 35.6 Å². The molecule has 0 amide bonds. The Hall–Kier alpha value is -4.58. The monoisotopic (exact) mass is 701 g/mol. The third kappa shape index (κ3) is 7.31. The van der Waals surface area contributed by atoms with Gasteiger partial charge in [0, 0.05) is 48.0 Å². The molecule has 264 valence electrons. The van der Waals surface area contributed by atoms with Gasteiger partial charge in [-0.3, -0.25) is 9.78 Å². The average molecular weight is 702 g/mol. The molecule has 0 aliphatic carbocycles.